The number of hydrogen-bond acceptors (Lipinski definition) is 4. The normalized spacial score (nSPS) is 4.67. The number of carbonyl (C=O) groups is 1. The van der Waals surface area contributed by atoms with E-state index in [0.717, 1.165) is 0 Å². The Morgan fingerprint density at radius 3 is 1.33 bits per heavy atom. The third-order valence-corrected chi connectivity index (χ3v) is 0. The van der Waals surface area contributed by atoms with Gasteiger partial charge in [-0.05, 0) is 6.16 Å². The Morgan fingerprint density at radius 2 is 1.33 bits per heavy atom. The molecule has 0 amide bonds. The predicted molar refractivity (Wildman–Crippen MR) is 24.2 cm³/mol. The van der Waals surface area contributed by atoms with E-state index in [-0.39, 0.29) is 32.4 Å². The van der Waals surface area contributed by atoms with Crippen LogP contribution < -0.4 is 16.4 Å². The number of carbonyl (C=O) groups excluding carboxylic acids is 1. The zero-order chi connectivity index (χ0) is 6.28. The van der Waals surface area contributed by atoms with Crippen molar-refractivity contribution in [2.45, 2.75) is 0 Å². The van der Waals surface area contributed by atoms with Gasteiger partial charge in [-0.25, -0.2) is 0 Å². The molecule has 4 N–H and O–H groups in total. The number of carboxylic acid groups (broad SMARTS) is 2. The molecule has 0 unspecified atom stereocenters. The topological polar surface area (TPSA) is 109 Å². The number of halogens is 2. The minimum Gasteiger partial charge on any atom is -0.652 e. The van der Waals surface area contributed by atoms with E-state index in [1.807, 2.05) is 0 Å². The van der Waals surface area contributed by atoms with Gasteiger partial charge in [-0.1, -0.05) is 0 Å². The predicted octanol–water partition coefficient (Wildman–Crippen LogP) is -0.763. The maximum atomic E-state index is 8.33. The summed E-state index contributed by atoms with van der Waals surface area (Å²) in [5.41, 5.74) is 0. The molecule has 0 aliphatic heterocycles. The smallest absolute Gasteiger partial charge is 0.652 e. The Kier molecular flexibility index (Phi) is 58.8. The molecular weight excluding hydrogens is 252 g/mol. The van der Waals surface area contributed by atoms with Gasteiger partial charge in [0.2, 0.25) is 0 Å². The first-order valence-electron chi connectivity index (χ1n) is 0.921. The average molecular weight is 256 g/mol. The molecule has 0 atom stereocenters. The van der Waals surface area contributed by atoms with Crippen molar-refractivity contribution >= 4 is 29.9 Å². The van der Waals surface area contributed by atoms with Crippen LogP contribution >= 0.6 is 23.7 Å². The van der Waals surface area contributed by atoms with E-state index >= 15 is 0 Å². The molecule has 1 radical (unpaired) electrons. The van der Waals surface area contributed by atoms with Crippen LogP contribution in [0.5, 0.6) is 0 Å². The van der Waals surface area contributed by atoms with Crippen molar-refractivity contribution in [3.8, 4) is 0 Å². The second-order valence-corrected chi connectivity index (χ2v) is 0.775. The van der Waals surface area contributed by atoms with E-state index < -0.39 is 6.16 Å². The van der Waals surface area contributed by atoms with Crippen molar-refractivity contribution in [2.75, 3.05) is 0 Å². The molecule has 0 aromatic carbocycles. The van der Waals surface area contributed by atoms with E-state index in [1.165, 1.54) is 0 Å². The van der Waals surface area contributed by atoms with Crippen LogP contribution in [0, 0.1) is 0 Å². The first-order valence-corrected chi connectivity index (χ1v) is 1.54. The minimum absolute atomic E-state index is 0. The molecule has 5 nitrogen and oxygen atoms in total. The maximum Gasteiger partial charge on any atom is 1.00 e. The average Bonchev–Trinajstić information content (AvgIpc) is 1.33. The van der Waals surface area contributed by atoms with Crippen LogP contribution in [-0.2, 0) is 30.0 Å². The first kappa shape index (κ1) is 22.6. The molecule has 0 aromatic heterocycles. The maximum absolute atomic E-state index is 8.33. The Balaban J connectivity index is -0.0000000233. The summed E-state index contributed by atoms with van der Waals surface area (Å²) in [4.78, 5) is 8.33. The molecule has 0 fully saturated rings. The van der Waals surface area contributed by atoms with Crippen molar-refractivity contribution in [3.05, 3.63) is 0 Å². The van der Waals surface area contributed by atoms with E-state index in [4.69, 9.17) is 15.0 Å². The van der Waals surface area contributed by atoms with Gasteiger partial charge in [-0.2, -0.15) is 3.84 Å². The first-order chi connectivity index (χ1) is 3.15. The summed E-state index contributed by atoms with van der Waals surface area (Å²) in [6, 6.07) is 0. The molecule has 0 heterocycles. The Bertz CT molecular complexity index is 49.8. The molecule has 55 valence electrons. The molecule has 0 aliphatic carbocycles. The fourth-order valence-electron chi connectivity index (χ4n) is 0. The van der Waals surface area contributed by atoms with E-state index in [9.17, 15) is 0 Å². The molecule has 9 heavy (non-hydrogen) atoms. The Hall–Kier alpha value is 0.653. The van der Waals surface area contributed by atoms with Gasteiger partial charge in [0.05, 0.1) is 23.7 Å². The van der Waals surface area contributed by atoms with Crippen molar-refractivity contribution < 1.29 is 45.1 Å². The SMILES string of the molecule is ClOCl.O=C([O-])[O-].[NH4+].[Zr+]. The van der Waals surface area contributed by atoms with Crippen LogP contribution in [0.3, 0.4) is 0 Å². The van der Waals surface area contributed by atoms with Crippen molar-refractivity contribution in [1.82, 2.24) is 6.15 Å². The summed E-state index contributed by atoms with van der Waals surface area (Å²) in [5, 5.41) is 16.7. The summed E-state index contributed by atoms with van der Waals surface area (Å²) in [6.45, 7) is 0. The fourth-order valence-corrected chi connectivity index (χ4v) is 0. The van der Waals surface area contributed by atoms with Gasteiger partial charge in [-0.15, -0.1) is 0 Å². The van der Waals surface area contributed by atoms with Crippen LogP contribution in [0.25, 0.3) is 0 Å². The molecule has 8 heteroatoms. The van der Waals surface area contributed by atoms with Crippen LogP contribution in [0.2, 0.25) is 0 Å². The van der Waals surface area contributed by atoms with Gasteiger partial charge in [0.1, 0.15) is 0 Å². The van der Waals surface area contributed by atoms with Crippen LogP contribution in [0.1, 0.15) is 0 Å². The monoisotopic (exact) mass is 254 g/mol. The third-order valence-electron chi connectivity index (χ3n) is 0. The molecule has 0 aliphatic rings. The van der Waals surface area contributed by atoms with E-state index in [0.29, 0.717) is 0 Å². The standard InChI is InChI=1S/CH2O3.Cl2O.H3N.Zr/c2-1(3)4;1-3-2;;/h(H2,2,3,4);;1H3;/q;;;+1/p-1. The van der Waals surface area contributed by atoms with Crippen molar-refractivity contribution in [1.29, 1.82) is 0 Å². The summed E-state index contributed by atoms with van der Waals surface area (Å²) >= 11 is 8.53. The van der Waals surface area contributed by atoms with Gasteiger partial charge in [-0.3, -0.25) is 0 Å². The second-order valence-electron chi connectivity index (χ2n) is 0.308. The van der Waals surface area contributed by atoms with Crippen LogP contribution in [0.4, 0.5) is 4.79 Å². The fraction of sp³-hybridized carbons (Fsp3) is 0. The van der Waals surface area contributed by atoms with Gasteiger partial charge < -0.3 is 21.2 Å². The zero-order valence-corrected chi connectivity index (χ0v) is 8.36. The van der Waals surface area contributed by atoms with Crippen LogP contribution in [-0.4, -0.2) is 6.16 Å². The summed E-state index contributed by atoms with van der Waals surface area (Å²) in [6.07, 6.45) is -2.33. The molecule has 0 saturated heterocycles. The quantitative estimate of drug-likeness (QED) is 0.614. The third kappa shape index (κ3) is 898. The van der Waals surface area contributed by atoms with Gasteiger partial charge in [0.25, 0.3) is 0 Å². The Morgan fingerprint density at radius 1 is 1.33 bits per heavy atom. The molecule has 0 aromatic rings. The molecule has 0 rings (SSSR count). The molecular formula is CH4Cl2NO4Zr. The largest absolute Gasteiger partial charge is 1.00 e. The minimum atomic E-state index is -2.33. The van der Waals surface area contributed by atoms with E-state index in [1.54, 1.807) is 0 Å². The molecule has 0 bridgehead atoms. The van der Waals surface area contributed by atoms with Gasteiger partial charge >= 0.3 is 26.2 Å². The van der Waals surface area contributed by atoms with Gasteiger partial charge in [0, 0.05) is 0 Å². The summed E-state index contributed by atoms with van der Waals surface area (Å²) in [5.74, 6) is 0. The summed E-state index contributed by atoms with van der Waals surface area (Å²) < 4.78 is 3.19. The second kappa shape index (κ2) is 23.4. The van der Waals surface area contributed by atoms with Crippen molar-refractivity contribution in [3.63, 3.8) is 0 Å². The summed E-state index contributed by atoms with van der Waals surface area (Å²) in [7, 11) is 0. The van der Waals surface area contributed by atoms with Crippen LogP contribution in [0.15, 0.2) is 0 Å². The number of rotatable bonds is 0. The Labute approximate surface area is 80.9 Å². The van der Waals surface area contributed by atoms with Crippen molar-refractivity contribution in [2.24, 2.45) is 0 Å². The van der Waals surface area contributed by atoms with Gasteiger partial charge in [0.15, 0.2) is 0 Å². The molecule has 0 spiro atoms. The molecule has 0 saturated carbocycles. The van der Waals surface area contributed by atoms with E-state index in [2.05, 4.69) is 27.6 Å². The number of quaternary nitrogens is 1. The zero-order valence-electron chi connectivity index (χ0n) is 4.39. The number of hydrogen-bond donors (Lipinski definition) is 1.